The highest BCUT2D eigenvalue weighted by Gasteiger charge is 2.56. The molecule has 0 aromatic heterocycles. The van der Waals surface area contributed by atoms with Gasteiger partial charge in [-0.25, -0.2) is 0 Å². The standard InChI is InChI=1S/C13H22BrNO/c1-13(2,6-7-14)8-15-12(16)11-9-4-3-5-10(9)11/h9-11H,3-8H2,1-2H3,(H,15,16). The number of fused-ring (bicyclic) bond motifs is 1. The fraction of sp³-hybridized carbons (Fsp3) is 0.923. The van der Waals surface area contributed by atoms with Crippen LogP contribution in [0.15, 0.2) is 0 Å². The monoisotopic (exact) mass is 287 g/mol. The Balaban J connectivity index is 1.72. The lowest BCUT2D eigenvalue weighted by Gasteiger charge is -2.24. The molecule has 1 N–H and O–H groups in total. The van der Waals surface area contributed by atoms with E-state index in [1.165, 1.54) is 19.3 Å². The number of hydrogen-bond donors (Lipinski definition) is 1. The van der Waals surface area contributed by atoms with Crippen molar-refractivity contribution in [2.75, 3.05) is 11.9 Å². The molecule has 0 aliphatic heterocycles. The summed E-state index contributed by atoms with van der Waals surface area (Å²) in [5.41, 5.74) is 0.211. The normalized spacial score (nSPS) is 32.3. The second kappa shape index (κ2) is 4.67. The van der Waals surface area contributed by atoms with Gasteiger partial charge in [-0.1, -0.05) is 36.2 Å². The highest BCUT2D eigenvalue weighted by atomic mass is 79.9. The van der Waals surface area contributed by atoms with Crippen molar-refractivity contribution in [2.45, 2.75) is 39.5 Å². The van der Waals surface area contributed by atoms with Crippen LogP contribution in [0.2, 0.25) is 0 Å². The van der Waals surface area contributed by atoms with E-state index in [4.69, 9.17) is 0 Å². The second-order valence-corrected chi connectivity index (χ2v) is 6.90. The summed E-state index contributed by atoms with van der Waals surface area (Å²) < 4.78 is 0. The van der Waals surface area contributed by atoms with Gasteiger partial charge >= 0.3 is 0 Å². The number of halogens is 1. The number of amides is 1. The first-order valence-corrected chi connectivity index (χ1v) is 7.51. The number of hydrogen-bond acceptors (Lipinski definition) is 1. The Morgan fingerprint density at radius 3 is 2.56 bits per heavy atom. The number of rotatable bonds is 5. The summed E-state index contributed by atoms with van der Waals surface area (Å²) >= 11 is 3.46. The second-order valence-electron chi connectivity index (χ2n) is 6.11. The molecule has 2 rings (SSSR count). The first-order valence-electron chi connectivity index (χ1n) is 6.39. The lowest BCUT2D eigenvalue weighted by molar-refractivity contribution is -0.123. The summed E-state index contributed by atoms with van der Waals surface area (Å²) in [5, 5.41) is 4.14. The summed E-state index contributed by atoms with van der Waals surface area (Å²) in [6, 6.07) is 0. The summed E-state index contributed by atoms with van der Waals surface area (Å²) in [7, 11) is 0. The van der Waals surface area contributed by atoms with Gasteiger partial charge in [-0.3, -0.25) is 4.79 Å². The molecule has 2 aliphatic carbocycles. The van der Waals surface area contributed by atoms with Gasteiger partial charge in [0.1, 0.15) is 0 Å². The van der Waals surface area contributed by atoms with Crippen LogP contribution in [0.1, 0.15) is 39.5 Å². The Kier molecular flexibility index (Phi) is 3.62. The maximum absolute atomic E-state index is 11.9. The summed E-state index contributed by atoms with van der Waals surface area (Å²) in [4.78, 5) is 11.9. The zero-order valence-electron chi connectivity index (χ0n) is 10.3. The van der Waals surface area contributed by atoms with Crippen LogP contribution in [-0.2, 0) is 4.79 Å². The van der Waals surface area contributed by atoms with Gasteiger partial charge in [-0.2, -0.15) is 0 Å². The molecular weight excluding hydrogens is 266 g/mol. The van der Waals surface area contributed by atoms with Gasteiger partial charge < -0.3 is 5.32 Å². The third-order valence-electron chi connectivity index (χ3n) is 4.22. The van der Waals surface area contributed by atoms with Gasteiger partial charge in [-0.05, 0) is 36.5 Å². The number of carbonyl (C=O) groups is 1. The van der Waals surface area contributed by atoms with Gasteiger partial charge in [-0.15, -0.1) is 0 Å². The van der Waals surface area contributed by atoms with Gasteiger partial charge in [0.2, 0.25) is 5.91 Å². The Morgan fingerprint density at radius 2 is 2.00 bits per heavy atom. The van der Waals surface area contributed by atoms with Crippen LogP contribution in [-0.4, -0.2) is 17.8 Å². The third kappa shape index (κ3) is 2.61. The molecule has 0 bridgehead atoms. The Labute approximate surface area is 107 Å². The highest BCUT2D eigenvalue weighted by Crippen LogP contribution is 2.57. The van der Waals surface area contributed by atoms with E-state index in [9.17, 15) is 4.79 Å². The number of carbonyl (C=O) groups excluding carboxylic acids is 1. The maximum atomic E-state index is 11.9. The lowest BCUT2D eigenvalue weighted by Crippen LogP contribution is -2.35. The Morgan fingerprint density at radius 1 is 1.38 bits per heavy atom. The first kappa shape index (κ1) is 12.4. The molecule has 3 heteroatoms. The maximum Gasteiger partial charge on any atom is 0.223 e. The predicted octanol–water partition coefficient (Wildman–Crippen LogP) is 2.96. The van der Waals surface area contributed by atoms with E-state index in [0.717, 1.165) is 30.1 Å². The molecule has 92 valence electrons. The van der Waals surface area contributed by atoms with E-state index in [2.05, 4.69) is 35.1 Å². The van der Waals surface area contributed by atoms with Crippen LogP contribution < -0.4 is 5.32 Å². The van der Waals surface area contributed by atoms with Gasteiger partial charge in [0.15, 0.2) is 0 Å². The quantitative estimate of drug-likeness (QED) is 0.774. The van der Waals surface area contributed by atoms with Crippen LogP contribution >= 0.6 is 15.9 Å². The van der Waals surface area contributed by atoms with E-state index in [-0.39, 0.29) is 5.41 Å². The highest BCUT2D eigenvalue weighted by molar-refractivity contribution is 9.09. The molecule has 2 unspecified atom stereocenters. The molecule has 1 amide bonds. The van der Waals surface area contributed by atoms with E-state index in [1.807, 2.05) is 0 Å². The van der Waals surface area contributed by atoms with Crippen molar-refractivity contribution < 1.29 is 4.79 Å². The minimum Gasteiger partial charge on any atom is -0.355 e. The lowest BCUT2D eigenvalue weighted by atomic mass is 9.90. The molecule has 16 heavy (non-hydrogen) atoms. The van der Waals surface area contributed by atoms with Crippen molar-refractivity contribution >= 4 is 21.8 Å². The van der Waals surface area contributed by atoms with Crippen molar-refractivity contribution in [1.29, 1.82) is 0 Å². The van der Waals surface area contributed by atoms with Gasteiger partial charge in [0, 0.05) is 17.8 Å². The molecule has 2 atom stereocenters. The molecule has 2 aliphatic rings. The zero-order valence-corrected chi connectivity index (χ0v) is 11.8. The Hall–Kier alpha value is -0.0500. The van der Waals surface area contributed by atoms with E-state index < -0.39 is 0 Å². The molecule has 0 aromatic rings. The van der Waals surface area contributed by atoms with Crippen LogP contribution in [0.3, 0.4) is 0 Å². The van der Waals surface area contributed by atoms with Crippen LogP contribution in [0.25, 0.3) is 0 Å². The van der Waals surface area contributed by atoms with Crippen molar-refractivity contribution in [1.82, 2.24) is 5.32 Å². The molecular formula is C13H22BrNO. The smallest absolute Gasteiger partial charge is 0.223 e. The SMILES string of the molecule is CC(C)(CCBr)CNC(=O)C1C2CCCC21. The summed E-state index contributed by atoms with van der Waals surface area (Å²) in [6.07, 6.45) is 5.01. The topological polar surface area (TPSA) is 29.1 Å². The molecule has 0 heterocycles. The minimum absolute atomic E-state index is 0.211. The van der Waals surface area contributed by atoms with E-state index >= 15 is 0 Å². The van der Waals surface area contributed by atoms with Crippen LogP contribution in [0.5, 0.6) is 0 Å². The third-order valence-corrected chi connectivity index (χ3v) is 4.62. The largest absolute Gasteiger partial charge is 0.355 e. The predicted molar refractivity (Wildman–Crippen MR) is 69.5 cm³/mol. The molecule has 2 fully saturated rings. The number of nitrogens with one attached hydrogen (secondary N) is 1. The van der Waals surface area contributed by atoms with Gasteiger partial charge in [0.05, 0.1) is 0 Å². The molecule has 0 spiro atoms. The molecule has 2 saturated carbocycles. The van der Waals surface area contributed by atoms with Crippen LogP contribution in [0, 0.1) is 23.2 Å². The Bertz CT molecular complexity index is 267. The summed E-state index contributed by atoms with van der Waals surface area (Å²) in [6.45, 7) is 5.23. The van der Waals surface area contributed by atoms with Crippen molar-refractivity contribution in [3.8, 4) is 0 Å². The average Bonchev–Trinajstić information content (AvgIpc) is 2.69. The van der Waals surface area contributed by atoms with Crippen molar-refractivity contribution in [3.63, 3.8) is 0 Å². The average molecular weight is 288 g/mol. The molecule has 0 saturated heterocycles. The van der Waals surface area contributed by atoms with Crippen LogP contribution in [0.4, 0.5) is 0 Å². The number of alkyl halides is 1. The molecule has 0 radical (unpaired) electrons. The molecule has 0 aromatic carbocycles. The molecule has 2 nitrogen and oxygen atoms in total. The zero-order chi connectivity index (χ0) is 11.8. The fourth-order valence-corrected chi connectivity index (χ4v) is 4.07. The first-order chi connectivity index (χ1) is 7.55. The fourth-order valence-electron chi connectivity index (χ4n) is 3.00. The summed E-state index contributed by atoms with van der Waals surface area (Å²) in [5.74, 6) is 2.16. The van der Waals surface area contributed by atoms with Crippen molar-refractivity contribution in [2.24, 2.45) is 23.2 Å². The minimum atomic E-state index is 0.211. The van der Waals surface area contributed by atoms with E-state index in [0.29, 0.717) is 11.8 Å². The van der Waals surface area contributed by atoms with Gasteiger partial charge in [0.25, 0.3) is 0 Å². The van der Waals surface area contributed by atoms with E-state index in [1.54, 1.807) is 0 Å². The van der Waals surface area contributed by atoms with Crippen molar-refractivity contribution in [3.05, 3.63) is 0 Å².